The van der Waals surface area contributed by atoms with Crippen molar-refractivity contribution in [2.24, 2.45) is 7.05 Å². The number of fused-ring (bicyclic) bond motifs is 1. The zero-order valence-corrected chi connectivity index (χ0v) is 20.5. The number of nitrogens with zero attached hydrogens (tertiary/aromatic N) is 6. The highest BCUT2D eigenvalue weighted by Gasteiger charge is 2.36. The molecule has 1 saturated heterocycles. The maximum atomic E-state index is 13.7. The van der Waals surface area contributed by atoms with Gasteiger partial charge in [-0.05, 0) is 43.7 Å². The molecule has 9 heteroatoms. The first-order valence-corrected chi connectivity index (χ1v) is 12.4. The van der Waals surface area contributed by atoms with Gasteiger partial charge in [0.2, 0.25) is 0 Å². The summed E-state index contributed by atoms with van der Waals surface area (Å²) in [7, 11) is 1.72. The van der Waals surface area contributed by atoms with E-state index in [-0.39, 0.29) is 29.5 Å². The van der Waals surface area contributed by atoms with Gasteiger partial charge in [0.15, 0.2) is 0 Å². The van der Waals surface area contributed by atoms with Crippen LogP contribution >= 0.6 is 11.3 Å². The number of hydrogen-bond acceptors (Lipinski definition) is 7. The molecule has 0 amide bonds. The largest absolute Gasteiger partial charge is 0.364 e. The first-order chi connectivity index (χ1) is 16.9. The van der Waals surface area contributed by atoms with E-state index in [1.165, 1.54) is 12.1 Å². The Morgan fingerprint density at radius 1 is 1.14 bits per heavy atom. The molecule has 0 spiro atoms. The monoisotopic (exact) mass is 488 g/mol. The summed E-state index contributed by atoms with van der Waals surface area (Å²) in [5.74, 6) is -0.265. The molecule has 5 rings (SSSR count). The Hall–Kier alpha value is -3.61. The number of benzene rings is 1. The molecule has 0 radical (unpaired) electrons. The van der Waals surface area contributed by atoms with E-state index in [1.54, 1.807) is 41.2 Å². The van der Waals surface area contributed by atoms with Crippen LogP contribution in [0.3, 0.4) is 0 Å². The number of rotatable bonds is 4. The molecule has 4 heterocycles. The molecule has 35 heavy (non-hydrogen) atoms. The van der Waals surface area contributed by atoms with Crippen molar-refractivity contribution in [1.82, 2.24) is 19.4 Å². The molecule has 3 aromatic heterocycles. The normalized spacial score (nSPS) is 19.6. The Kier molecular flexibility index (Phi) is 6.09. The summed E-state index contributed by atoms with van der Waals surface area (Å²) in [6, 6.07) is 13.8. The third-order valence-electron chi connectivity index (χ3n) is 6.78. The number of nitriles is 1. The molecule has 178 valence electrons. The summed E-state index contributed by atoms with van der Waals surface area (Å²) in [6.45, 7) is 5.64. The van der Waals surface area contributed by atoms with E-state index in [1.807, 2.05) is 23.0 Å². The second-order valence-electron chi connectivity index (χ2n) is 9.02. The molecule has 1 aromatic carbocycles. The Bertz CT molecular complexity index is 1460. The Labute approximate surface area is 206 Å². The molecule has 0 bridgehead atoms. The van der Waals surface area contributed by atoms with E-state index in [2.05, 4.69) is 39.7 Å². The van der Waals surface area contributed by atoms with Gasteiger partial charge in [0, 0.05) is 43.7 Å². The van der Waals surface area contributed by atoms with E-state index in [0.717, 1.165) is 16.9 Å². The predicted octanol–water partition coefficient (Wildman–Crippen LogP) is 4.09. The van der Waals surface area contributed by atoms with E-state index in [9.17, 15) is 14.4 Å². The quantitative estimate of drug-likeness (QED) is 0.431. The first-order valence-electron chi connectivity index (χ1n) is 11.4. The molecular weight excluding hydrogens is 463 g/mol. The Morgan fingerprint density at radius 2 is 1.91 bits per heavy atom. The van der Waals surface area contributed by atoms with E-state index < -0.39 is 0 Å². The van der Waals surface area contributed by atoms with Gasteiger partial charge >= 0.3 is 0 Å². The van der Waals surface area contributed by atoms with Gasteiger partial charge in [-0.3, -0.25) is 9.69 Å². The number of aromatic nitrogens is 3. The van der Waals surface area contributed by atoms with Gasteiger partial charge < -0.3 is 9.47 Å². The fraction of sp³-hybridized carbons (Fsp3) is 0.308. The van der Waals surface area contributed by atoms with Gasteiger partial charge in [0.05, 0.1) is 28.5 Å². The highest BCUT2D eigenvalue weighted by molar-refractivity contribution is 7.07. The van der Waals surface area contributed by atoms with Crippen LogP contribution in [0, 0.1) is 17.1 Å². The lowest BCUT2D eigenvalue weighted by Gasteiger charge is -2.48. The summed E-state index contributed by atoms with van der Waals surface area (Å²) in [5, 5.41) is 11.4. The van der Waals surface area contributed by atoms with Crippen LogP contribution in [0.2, 0.25) is 0 Å². The molecule has 7 nitrogen and oxygen atoms in total. The van der Waals surface area contributed by atoms with Gasteiger partial charge in [-0.2, -0.15) is 5.26 Å². The summed E-state index contributed by atoms with van der Waals surface area (Å²) in [5.41, 5.74) is 6.03. The van der Waals surface area contributed by atoms with Crippen LogP contribution in [0.15, 0.2) is 58.1 Å². The lowest BCUT2D eigenvalue weighted by molar-refractivity contribution is 0.128. The maximum absolute atomic E-state index is 13.7. The summed E-state index contributed by atoms with van der Waals surface area (Å²) in [4.78, 5) is 26.5. The van der Waals surface area contributed by atoms with Crippen LogP contribution in [-0.4, -0.2) is 44.6 Å². The smallest absolute Gasteiger partial charge is 0.252 e. The minimum Gasteiger partial charge on any atom is -0.364 e. The number of aryl methyl sites for hydroxylation is 1. The molecule has 0 saturated carbocycles. The van der Waals surface area contributed by atoms with Crippen molar-refractivity contribution in [2.75, 3.05) is 18.0 Å². The van der Waals surface area contributed by atoms with Crippen molar-refractivity contribution >= 4 is 28.1 Å². The molecule has 1 aliphatic rings. The van der Waals surface area contributed by atoms with Crippen LogP contribution < -0.4 is 10.5 Å². The number of halogens is 1. The number of hydrogen-bond donors (Lipinski definition) is 0. The molecule has 0 N–H and O–H groups in total. The van der Waals surface area contributed by atoms with Crippen molar-refractivity contribution < 1.29 is 4.39 Å². The standard InChI is InChI=1S/C26H25FN6OS/c1-16-13-33(26(21-14-35-15-29-21)18-4-6-19(27)7-5-18)17(2)12-32(16)23-10-24(34)31(3)22-9-8-20(11-28)30-25(22)23/h4-10,14-17,26H,12-13H2,1-3H3/t16-,17-,26?/m0/s1. The van der Waals surface area contributed by atoms with Gasteiger partial charge in [-0.15, -0.1) is 11.3 Å². The average Bonchev–Trinajstić information content (AvgIpc) is 3.39. The highest BCUT2D eigenvalue weighted by atomic mass is 32.1. The molecule has 0 aliphatic carbocycles. The van der Waals surface area contributed by atoms with Crippen molar-refractivity contribution in [3.8, 4) is 6.07 Å². The lowest BCUT2D eigenvalue weighted by atomic mass is 9.97. The second-order valence-corrected chi connectivity index (χ2v) is 9.74. The van der Waals surface area contributed by atoms with Crippen LogP contribution in [0.4, 0.5) is 10.1 Å². The SMILES string of the molecule is C[C@H]1CN(C(c2ccc(F)cc2)c2cscn2)[C@@H](C)CN1c1cc(=O)n(C)c2ccc(C#N)nc12. The molecule has 4 aromatic rings. The van der Waals surface area contributed by atoms with Crippen molar-refractivity contribution in [2.45, 2.75) is 32.0 Å². The lowest BCUT2D eigenvalue weighted by Crippen LogP contribution is -2.57. The minimum atomic E-state index is -0.265. The highest BCUT2D eigenvalue weighted by Crippen LogP contribution is 2.35. The van der Waals surface area contributed by atoms with Gasteiger partial charge in [0.25, 0.3) is 5.56 Å². The Balaban J connectivity index is 1.54. The van der Waals surface area contributed by atoms with Crippen molar-refractivity contribution in [3.63, 3.8) is 0 Å². The van der Waals surface area contributed by atoms with Crippen LogP contribution in [0.5, 0.6) is 0 Å². The van der Waals surface area contributed by atoms with Gasteiger partial charge in [-0.25, -0.2) is 14.4 Å². The summed E-state index contributed by atoms with van der Waals surface area (Å²) in [6.07, 6.45) is 0. The maximum Gasteiger partial charge on any atom is 0.252 e. The van der Waals surface area contributed by atoms with Gasteiger partial charge in [-0.1, -0.05) is 12.1 Å². The van der Waals surface area contributed by atoms with E-state index >= 15 is 0 Å². The third kappa shape index (κ3) is 4.20. The Morgan fingerprint density at radius 3 is 2.60 bits per heavy atom. The van der Waals surface area contributed by atoms with E-state index in [0.29, 0.717) is 29.8 Å². The number of piperazine rings is 1. The van der Waals surface area contributed by atoms with Crippen molar-refractivity contribution in [1.29, 1.82) is 5.26 Å². The second kappa shape index (κ2) is 9.21. The summed E-state index contributed by atoms with van der Waals surface area (Å²) < 4.78 is 15.2. The first kappa shape index (κ1) is 23.1. The number of thiazole rings is 1. The fourth-order valence-electron chi connectivity index (χ4n) is 4.98. The minimum absolute atomic E-state index is 0.0515. The van der Waals surface area contributed by atoms with E-state index in [4.69, 9.17) is 0 Å². The number of pyridine rings is 2. The number of anilines is 1. The molecule has 3 atom stereocenters. The van der Waals surface area contributed by atoms with Crippen LogP contribution in [0.1, 0.15) is 36.8 Å². The van der Waals surface area contributed by atoms with Crippen LogP contribution in [-0.2, 0) is 7.05 Å². The average molecular weight is 489 g/mol. The van der Waals surface area contributed by atoms with Crippen molar-refractivity contribution in [3.05, 3.63) is 86.5 Å². The predicted molar refractivity (Wildman–Crippen MR) is 135 cm³/mol. The van der Waals surface area contributed by atoms with Gasteiger partial charge in [0.1, 0.15) is 23.1 Å². The molecule has 1 aliphatic heterocycles. The molecular formula is C26H25FN6OS. The summed E-state index contributed by atoms with van der Waals surface area (Å²) >= 11 is 1.54. The fourth-order valence-corrected chi connectivity index (χ4v) is 5.55. The third-order valence-corrected chi connectivity index (χ3v) is 7.38. The topological polar surface area (TPSA) is 78.0 Å². The molecule has 1 unspecified atom stereocenters. The zero-order chi connectivity index (χ0) is 24.7. The van der Waals surface area contributed by atoms with Crippen LogP contribution in [0.25, 0.3) is 11.0 Å². The zero-order valence-electron chi connectivity index (χ0n) is 19.7. The molecule has 1 fully saturated rings.